The Balaban J connectivity index is 1.62. The van der Waals surface area contributed by atoms with E-state index in [1.54, 1.807) is 11.3 Å². The Morgan fingerprint density at radius 1 is 1.63 bits per heavy atom. The van der Waals surface area contributed by atoms with Gasteiger partial charge in [0, 0.05) is 24.5 Å². The number of nitrogens with one attached hydrogen (secondary N) is 1. The van der Waals surface area contributed by atoms with Crippen LogP contribution in [0.1, 0.15) is 18.2 Å². The van der Waals surface area contributed by atoms with Gasteiger partial charge < -0.3 is 16.0 Å². The number of likely N-dealkylation sites (tertiary alicyclic amines) is 1. The number of rotatable bonds is 6. The predicted molar refractivity (Wildman–Crippen MR) is 82.7 cm³/mol. The molecule has 1 aromatic rings. The van der Waals surface area contributed by atoms with Gasteiger partial charge in [-0.1, -0.05) is 13.0 Å². The topological polar surface area (TPSA) is 53.6 Å². The van der Waals surface area contributed by atoms with E-state index in [0.717, 1.165) is 26.1 Å². The largest absolute Gasteiger partial charge is 0.370 e. The number of thiophene rings is 1. The highest BCUT2D eigenvalue weighted by atomic mass is 32.1. The van der Waals surface area contributed by atoms with Gasteiger partial charge in [-0.2, -0.15) is 0 Å². The standard InChI is InChI=1S/C14H24N4S/c1-2-18-8-6-12(11-18)10-17-14(15)16-7-5-13-4-3-9-19-13/h3-4,9,12H,2,5-8,10-11H2,1H3,(H3,15,16,17). The van der Waals surface area contributed by atoms with E-state index in [1.807, 2.05) is 0 Å². The van der Waals surface area contributed by atoms with E-state index in [9.17, 15) is 0 Å². The third-order valence-corrected chi connectivity index (χ3v) is 4.53. The molecular weight excluding hydrogens is 256 g/mol. The quantitative estimate of drug-likeness (QED) is 0.614. The molecule has 5 heteroatoms. The van der Waals surface area contributed by atoms with Gasteiger partial charge in [-0.3, -0.25) is 4.99 Å². The van der Waals surface area contributed by atoms with Crippen molar-refractivity contribution in [3.63, 3.8) is 0 Å². The molecule has 4 nitrogen and oxygen atoms in total. The Bertz CT molecular complexity index is 388. The number of guanidine groups is 1. The van der Waals surface area contributed by atoms with Crippen molar-refractivity contribution in [2.45, 2.75) is 19.8 Å². The number of aliphatic imine (C=N–C) groups is 1. The zero-order valence-corrected chi connectivity index (χ0v) is 12.5. The van der Waals surface area contributed by atoms with Crippen molar-refractivity contribution in [2.24, 2.45) is 16.6 Å². The van der Waals surface area contributed by atoms with Crippen LogP contribution in [-0.4, -0.2) is 43.6 Å². The summed E-state index contributed by atoms with van der Waals surface area (Å²) in [4.78, 5) is 8.31. The fourth-order valence-corrected chi connectivity index (χ4v) is 3.11. The second-order valence-electron chi connectivity index (χ2n) is 5.03. The monoisotopic (exact) mass is 280 g/mol. The van der Waals surface area contributed by atoms with Gasteiger partial charge in [0.1, 0.15) is 0 Å². The molecule has 1 unspecified atom stereocenters. The third kappa shape index (κ3) is 4.84. The molecule has 0 amide bonds. The molecule has 0 spiro atoms. The van der Waals surface area contributed by atoms with Gasteiger partial charge in [-0.05, 0) is 43.3 Å². The van der Waals surface area contributed by atoms with E-state index in [-0.39, 0.29) is 0 Å². The molecule has 0 saturated carbocycles. The average molecular weight is 280 g/mol. The maximum Gasteiger partial charge on any atom is 0.188 e. The van der Waals surface area contributed by atoms with E-state index in [0.29, 0.717) is 11.9 Å². The first-order valence-corrected chi connectivity index (χ1v) is 7.94. The zero-order valence-electron chi connectivity index (χ0n) is 11.6. The molecule has 0 aromatic carbocycles. The van der Waals surface area contributed by atoms with E-state index in [2.05, 4.69) is 39.6 Å². The van der Waals surface area contributed by atoms with E-state index in [4.69, 9.17) is 5.73 Å². The van der Waals surface area contributed by atoms with Gasteiger partial charge in [-0.15, -0.1) is 11.3 Å². The molecule has 1 atom stereocenters. The second-order valence-corrected chi connectivity index (χ2v) is 6.06. The van der Waals surface area contributed by atoms with Crippen LogP contribution in [0, 0.1) is 5.92 Å². The Hall–Kier alpha value is -1.07. The summed E-state index contributed by atoms with van der Waals surface area (Å²) in [6, 6.07) is 4.23. The molecule has 106 valence electrons. The van der Waals surface area contributed by atoms with Crippen LogP contribution in [0.3, 0.4) is 0 Å². The summed E-state index contributed by atoms with van der Waals surface area (Å²) >= 11 is 1.78. The molecule has 1 aliphatic heterocycles. The van der Waals surface area contributed by atoms with Gasteiger partial charge >= 0.3 is 0 Å². The summed E-state index contributed by atoms with van der Waals surface area (Å²) in [7, 11) is 0. The minimum atomic E-state index is 0.589. The zero-order chi connectivity index (χ0) is 13.5. The lowest BCUT2D eigenvalue weighted by Crippen LogP contribution is -2.33. The van der Waals surface area contributed by atoms with E-state index < -0.39 is 0 Å². The smallest absolute Gasteiger partial charge is 0.188 e. The normalized spacial score (nSPS) is 20.9. The van der Waals surface area contributed by atoms with Crippen molar-refractivity contribution in [1.82, 2.24) is 10.2 Å². The van der Waals surface area contributed by atoms with Crippen molar-refractivity contribution < 1.29 is 0 Å². The van der Waals surface area contributed by atoms with Crippen LogP contribution in [-0.2, 0) is 6.42 Å². The van der Waals surface area contributed by atoms with Gasteiger partial charge in [-0.25, -0.2) is 0 Å². The molecule has 2 rings (SSSR count). The molecule has 0 aliphatic carbocycles. The molecule has 2 heterocycles. The van der Waals surface area contributed by atoms with Crippen molar-refractivity contribution >= 4 is 17.3 Å². The first-order chi connectivity index (χ1) is 9.28. The van der Waals surface area contributed by atoms with Crippen LogP contribution in [0.4, 0.5) is 0 Å². The number of nitrogens with two attached hydrogens (primary N) is 1. The predicted octanol–water partition coefficient (Wildman–Crippen LogP) is 1.54. The van der Waals surface area contributed by atoms with E-state index >= 15 is 0 Å². The molecular formula is C14H24N4S. The Morgan fingerprint density at radius 2 is 2.53 bits per heavy atom. The maximum absolute atomic E-state index is 5.89. The Morgan fingerprint density at radius 3 is 3.21 bits per heavy atom. The summed E-state index contributed by atoms with van der Waals surface area (Å²) in [5.74, 6) is 1.27. The van der Waals surface area contributed by atoms with Gasteiger partial charge in [0.25, 0.3) is 0 Å². The molecule has 1 aromatic heterocycles. The van der Waals surface area contributed by atoms with Crippen LogP contribution in [0.2, 0.25) is 0 Å². The summed E-state index contributed by atoms with van der Waals surface area (Å²) < 4.78 is 0. The summed E-state index contributed by atoms with van der Waals surface area (Å²) in [5, 5.41) is 5.29. The van der Waals surface area contributed by atoms with Crippen LogP contribution >= 0.6 is 11.3 Å². The minimum absolute atomic E-state index is 0.589. The van der Waals surface area contributed by atoms with Gasteiger partial charge in [0.2, 0.25) is 0 Å². The van der Waals surface area contributed by atoms with Crippen molar-refractivity contribution in [1.29, 1.82) is 0 Å². The molecule has 1 fully saturated rings. The van der Waals surface area contributed by atoms with Crippen LogP contribution in [0.5, 0.6) is 0 Å². The van der Waals surface area contributed by atoms with Crippen molar-refractivity contribution in [2.75, 3.05) is 32.7 Å². The lowest BCUT2D eigenvalue weighted by Gasteiger charge is -2.12. The van der Waals surface area contributed by atoms with E-state index in [1.165, 1.54) is 24.4 Å². The lowest BCUT2D eigenvalue weighted by molar-refractivity contribution is 0.343. The number of hydrogen-bond acceptors (Lipinski definition) is 3. The number of hydrogen-bond donors (Lipinski definition) is 2. The SMILES string of the molecule is CCN1CCC(CN=C(N)NCCc2cccs2)C1. The van der Waals surface area contributed by atoms with Gasteiger partial charge in [0.05, 0.1) is 0 Å². The molecule has 0 radical (unpaired) electrons. The van der Waals surface area contributed by atoms with Crippen molar-refractivity contribution in [3.05, 3.63) is 22.4 Å². The Kier molecular flexibility index (Phi) is 5.66. The first kappa shape index (κ1) is 14.3. The van der Waals surface area contributed by atoms with Crippen LogP contribution in [0.25, 0.3) is 0 Å². The summed E-state index contributed by atoms with van der Waals surface area (Å²) in [6.45, 7) is 7.46. The Labute approximate surface area is 119 Å². The van der Waals surface area contributed by atoms with Crippen LogP contribution in [0.15, 0.2) is 22.5 Å². The highest BCUT2D eigenvalue weighted by Gasteiger charge is 2.20. The fraction of sp³-hybridized carbons (Fsp3) is 0.643. The highest BCUT2D eigenvalue weighted by molar-refractivity contribution is 7.09. The molecule has 0 bridgehead atoms. The molecule has 19 heavy (non-hydrogen) atoms. The van der Waals surface area contributed by atoms with Gasteiger partial charge in [0.15, 0.2) is 5.96 Å². The molecule has 1 aliphatic rings. The summed E-state index contributed by atoms with van der Waals surface area (Å²) in [5.41, 5.74) is 5.89. The van der Waals surface area contributed by atoms with Crippen molar-refractivity contribution in [3.8, 4) is 0 Å². The average Bonchev–Trinajstić information content (AvgIpc) is 3.07. The first-order valence-electron chi connectivity index (χ1n) is 7.06. The molecule has 3 N–H and O–H groups in total. The minimum Gasteiger partial charge on any atom is -0.370 e. The highest BCUT2D eigenvalue weighted by Crippen LogP contribution is 2.15. The maximum atomic E-state index is 5.89. The third-order valence-electron chi connectivity index (χ3n) is 3.59. The number of nitrogens with zero attached hydrogens (tertiary/aromatic N) is 2. The molecule has 1 saturated heterocycles. The van der Waals surface area contributed by atoms with Crippen LogP contribution < -0.4 is 11.1 Å². The summed E-state index contributed by atoms with van der Waals surface area (Å²) in [6.07, 6.45) is 2.26. The second kappa shape index (κ2) is 7.50. The lowest BCUT2D eigenvalue weighted by atomic mass is 10.1. The fourth-order valence-electron chi connectivity index (χ4n) is 2.40.